The number of amides is 1. The van der Waals surface area contributed by atoms with Gasteiger partial charge in [0.15, 0.2) is 11.5 Å². The van der Waals surface area contributed by atoms with E-state index in [0.29, 0.717) is 32.6 Å². The van der Waals surface area contributed by atoms with Gasteiger partial charge in [-0.3, -0.25) is 4.79 Å². The van der Waals surface area contributed by atoms with Crippen molar-refractivity contribution >= 4 is 11.6 Å². The van der Waals surface area contributed by atoms with Crippen molar-refractivity contribution in [2.75, 3.05) is 24.7 Å². The summed E-state index contributed by atoms with van der Waals surface area (Å²) in [6, 6.07) is 12.1. The van der Waals surface area contributed by atoms with Gasteiger partial charge in [0.25, 0.3) is 0 Å². The Morgan fingerprint density at radius 3 is 2.56 bits per heavy atom. The molecule has 3 rings (SSSR count). The molecule has 0 saturated carbocycles. The first-order valence-corrected chi connectivity index (χ1v) is 8.84. The minimum atomic E-state index is 0.145. The van der Waals surface area contributed by atoms with Gasteiger partial charge in [0.05, 0.1) is 0 Å². The minimum absolute atomic E-state index is 0.145. The van der Waals surface area contributed by atoms with E-state index in [4.69, 9.17) is 9.47 Å². The van der Waals surface area contributed by atoms with Crippen LogP contribution in [0.2, 0.25) is 0 Å². The second-order valence-corrected chi connectivity index (χ2v) is 6.41. The van der Waals surface area contributed by atoms with E-state index in [9.17, 15) is 4.79 Å². The standard InChI is InChI=1S/C21H25NO3/c1-4-22(18-13-15(2)5-6-16(18)3)21(23)10-8-17-7-9-19-20(14-17)25-12-11-24-19/h5-7,9,13-14H,4,8,10-12H2,1-3H3. The second-order valence-electron chi connectivity index (χ2n) is 6.41. The maximum absolute atomic E-state index is 12.8. The van der Waals surface area contributed by atoms with E-state index < -0.39 is 0 Å². The van der Waals surface area contributed by atoms with Crippen LogP contribution in [-0.4, -0.2) is 25.7 Å². The van der Waals surface area contributed by atoms with E-state index in [1.54, 1.807) is 0 Å². The molecule has 0 radical (unpaired) electrons. The quantitative estimate of drug-likeness (QED) is 0.824. The van der Waals surface area contributed by atoms with Crippen molar-refractivity contribution in [2.24, 2.45) is 0 Å². The van der Waals surface area contributed by atoms with Crippen molar-refractivity contribution < 1.29 is 14.3 Å². The normalized spacial score (nSPS) is 12.8. The first-order valence-electron chi connectivity index (χ1n) is 8.84. The molecule has 4 heteroatoms. The van der Waals surface area contributed by atoms with E-state index >= 15 is 0 Å². The number of benzene rings is 2. The molecule has 0 bridgehead atoms. The van der Waals surface area contributed by atoms with Crippen molar-refractivity contribution in [3.8, 4) is 11.5 Å². The SMILES string of the molecule is CCN(C(=O)CCc1ccc2c(c1)OCCO2)c1cc(C)ccc1C. The Bertz CT molecular complexity index is 770. The Balaban J connectivity index is 1.69. The number of nitrogens with zero attached hydrogens (tertiary/aromatic N) is 1. The maximum Gasteiger partial charge on any atom is 0.227 e. The summed E-state index contributed by atoms with van der Waals surface area (Å²) in [6.45, 7) is 7.95. The summed E-state index contributed by atoms with van der Waals surface area (Å²) in [4.78, 5) is 14.6. The Kier molecular flexibility index (Phi) is 5.27. The van der Waals surface area contributed by atoms with E-state index in [1.165, 1.54) is 5.56 Å². The number of carbonyl (C=O) groups excluding carboxylic acids is 1. The number of ether oxygens (including phenoxy) is 2. The molecule has 25 heavy (non-hydrogen) atoms. The van der Waals surface area contributed by atoms with Crippen molar-refractivity contribution in [1.29, 1.82) is 0 Å². The van der Waals surface area contributed by atoms with Crippen LogP contribution >= 0.6 is 0 Å². The molecule has 0 N–H and O–H groups in total. The third kappa shape index (κ3) is 3.95. The average molecular weight is 339 g/mol. The molecule has 0 unspecified atom stereocenters. The number of hydrogen-bond donors (Lipinski definition) is 0. The fraction of sp³-hybridized carbons (Fsp3) is 0.381. The fourth-order valence-corrected chi connectivity index (χ4v) is 3.12. The summed E-state index contributed by atoms with van der Waals surface area (Å²) in [7, 11) is 0. The smallest absolute Gasteiger partial charge is 0.227 e. The highest BCUT2D eigenvalue weighted by molar-refractivity contribution is 5.94. The summed E-state index contributed by atoms with van der Waals surface area (Å²) in [5.41, 5.74) is 4.39. The van der Waals surface area contributed by atoms with Crippen molar-refractivity contribution in [2.45, 2.75) is 33.6 Å². The summed E-state index contributed by atoms with van der Waals surface area (Å²) < 4.78 is 11.2. The van der Waals surface area contributed by atoms with Crippen LogP contribution in [0, 0.1) is 13.8 Å². The lowest BCUT2D eigenvalue weighted by atomic mass is 10.1. The van der Waals surface area contributed by atoms with E-state index in [2.05, 4.69) is 25.1 Å². The number of aryl methyl sites for hydroxylation is 3. The lowest BCUT2D eigenvalue weighted by molar-refractivity contribution is -0.118. The molecule has 0 fully saturated rings. The average Bonchev–Trinajstić information content (AvgIpc) is 2.63. The highest BCUT2D eigenvalue weighted by Crippen LogP contribution is 2.31. The Morgan fingerprint density at radius 1 is 1.04 bits per heavy atom. The number of anilines is 1. The molecule has 2 aromatic carbocycles. The number of carbonyl (C=O) groups is 1. The summed E-state index contributed by atoms with van der Waals surface area (Å²) in [5, 5.41) is 0. The van der Waals surface area contributed by atoms with E-state index in [0.717, 1.165) is 28.3 Å². The predicted octanol–water partition coefficient (Wildman–Crippen LogP) is 4.06. The second kappa shape index (κ2) is 7.60. The maximum atomic E-state index is 12.8. The zero-order valence-corrected chi connectivity index (χ0v) is 15.2. The van der Waals surface area contributed by atoms with Gasteiger partial charge in [0.2, 0.25) is 5.91 Å². The van der Waals surface area contributed by atoms with Gasteiger partial charge in [0.1, 0.15) is 13.2 Å². The van der Waals surface area contributed by atoms with Crippen LogP contribution in [0.1, 0.15) is 30.0 Å². The van der Waals surface area contributed by atoms with Gasteiger partial charge in [-0.05, 0) is 62.1 Å². The van der Waals surface area contributed by atoms with Gasteiger partial charge in [-0.1, -0.05) is 18.2 Å². The van der Waals surface area contributed by atoms with Gasteiger partial charge in [-0.25, -0.2) is 0 Å². The van der Waals surface area contributed by atoms with Crippen LogP contribution in [-0.2, 0) is 11.2 Å². The molecule has 0 spiro atoms. The zero-order chi connectivity index (χ0) is 17.8. The Hall–Kier alpha value is -2.49. The van der Waals surface area contributed by atoms with E-state index in [-0.39, 0.29) is 5.91 Å². The van der Waals surface area contributed by atoms with Crippen molar-refractivity contribution in [1.82, 2.24) is 0 Å². The van der Waals surface area contributed by atoms with Crippen molar-refractivity contribution in [3.63, 3.8) is 0 Å². The van der Waals surface area contributed by atoms with Crippen LogP contribution < -0.4 is 14.4 Å². The fourth-order valence-electron chi connectivity index (χ4n) is 3.12. The lowest BCUT2D eigenvalue weighted by Crippen LogP contribution is -2.31. The molecule has 1 aliphatic heterocycles. The van der Waals surface area contributed by atoms with E-state index in [1.807, 2.05) is 36.9 Å². The number of fused-ring (bicyclic) bond motifs is 1. The highest BCUT2D eigenvalue weighted by atomic mass is 16.6. The van der Waals surface area contributed by atoms with Crippen LogP contribution in [0.25, 0.3) is 0 Å². The summed E-state index contributed by atoms with van der Waals surface area (Å²) in [6.07, 6.45) is 1.16. The monoisotopic (exact) mass is 339 g/mol. The number of hydrogen-bond acceptors (Lipinski definition) is 3. The molecule has 0 aromatic heterocycles. The molecule has 0 aliphatic carbocycles. The van der Waals surface area contributed by atoms with Gasteiger partial charge in [-0.2, -0.15) is 0 Å². The first-order chi connectivity index (χ1) is 12.1. The summed E-state index contributed by atoms with van der Waals surface area (Å²) >= 11 is 0. The lowest BCUT2D eigenvalue weighted by Gasteiger charge is -2.24. The summed E-state index contributed by atoms with van der Waals surface area (Å²) in [5.74, 6) is 1.70. The van der Waals surface area contributed by atoms with Crippen LogP contribution in [0.5, 0.6) is 11.5 Å². The molecule has 1 aliphatic rings. The highest BCUT2D eigenvalue weighted by Gasteiger charge is 2.17. The van der Waals surface area contributed by atoms with Crippen LogP contribution in [0.4, 0.5) is 5.69 Å². The third-order valence-corrected chi connectivity index (χ3v) is 4.51. The third-order valence-electron chi connectivity index (χ3n) is 4.51. The van der Waals surface area contributed by atoms with Crippen molar-refractivity contribution in [3.05, 3.63) is 53.1 Å². The van der Waals surface area contributed by atoms with Gasteiger partial charge >= 0.3 is 0 Å². The molecule has 0 saturated heterocycles. The molecular formula is C21H25NO3. The molecule has 1 heterocycles. The molecule has 4 nitrogen and oxygen atoms in total. The van der Waals surface area contributed by atoms with Crippen LogP contribution in [0.3, 0.4) is 0 Å². The molecule has 1 amide bonds. The first kappa shape index (κ1) is 17.3. The van der Waals surface area contributed by atoms with Gasteiger partial charge < -0.3 is 14.4 Å². The Morgan fingerprint density at radius 2 is 1.80 bits per heavy atom. The van der Waals surface area contributed by atoms with Gasteiger partial charge in [-0.15, -0.1) is 0 Å². The predicted molar refractivity (Wildman–Crippen MR) is 99.7 cm³/mol. The largest absolute Gasteiger partial charge is 0.486 e. The Labute approximate surface area is 149 Å². The molecule has 2 aromatic rings. The van der Waals surface area contributed by atoms with Gasteiger partial charge in [0, 0.05) is 18.7 Å². The minimum Gasteiger partial charge on any atom is -0.486 e. The zero-order valence-electron chi connectivity index (χ0n) is 15.2. The molecule has 0 atom stereocenters. The molecule has 132 valence electrons. The topological polar surface area (TPSA) is 38.8 Å². The van der Waals surface area contributed by atoms with Crippen LogP contribution in [0.15, 0.2) is 36.4 Å². The number of rotatable bonds is 5. The molecular weight excluding hydrogens is 314 g/mol.